The minimum Gasteiger partial charge on any atom is -0.455 e. The Labute approximate surface area is 109 Å². The second-order valence-corrected chi connectivity index (χ2v) is 3.68. The molecule has 2 aromatic rings. The van der Waals surface area contributed by atoms with Crippen molar-refractivity contribution in [2.75, 3.05) is 5.73 Å². The van der Waals surface area contributed by atoms with Crippen LogP contribution < -0.4 is 10.5 Å². The first-order chi connectivity index (χ1) is 9.15. The van der Waals surface area contributed by atoms with Crippen molar-refractivity contribution < 1.29 is 9.13 Å². The van der Waals surface area contributed by atoms with Gasteiger partial charge in [-0.3, -0.25) is 0 Å². The Bertz CT molecular complexity index is 714. The molecule has 2 aromatic carbocycles. The summed E-state index contributed by atoms with van der Waals surface area (Å²) in [5.41, 5.74) is 6.15. The van der Waals surface area contributed by atoms with Crippen molar-refractivity contribution in [3.05, 3.63) is 53.3 Å². The first-order valence-electron chi connectivity index (χ1n) is 5.32. The normalized spacial score (nSPS) is 9.42. The van der Waals surface area contributed by atoms with Gasteiger partial charge in [-0.1, -0.05) is 6.07 Å². The van der Waals surface area contributed by atoms with Gasteiger partial charge in [0.15, 0.2) is 5.75 Å². The largest absolute Gasteiger partial charge is 0.455 e. The third-order valence-corrected chi connectivity index (χ3v) is 2.48. The fourth-order valence-electron chi connectivity index (χ4n) is 1.51. The van der Waals surface area contributed by atoms with Gasteiger partial charge < -0.3 is 10.5 Å². The number of nitrogens with two attached hydrogens (primary N) is 1. The number of para-hydroxylation sites is 1. The van der Waals surface area contributed by atoms with Gasteiger partial charge in [0.05, 0.1) is 16.8 Å². The lowest BCUT2D eigenvalue weighted by Gasteiger charge is -2.09. The molecule has 0 bridgehead atoms. The van der Waals surface area contributed by atoms with E-state index in [0.29, 0.717) is 0 Å². The molecule has 19 heavy (non-hydrogen) atoms. The molecular weight excluding hydrogens is 245 g/mol. The second-order valence-electron chi connectivity index (χ2n) is 3.68. The molecule has 4 nitrogen and oxygen atoms in total. The lowest BCUT2D eigenvalue weighted by atomic mass is 10.2. The highest BCUT2D eigenvalue weighted by molar-refractivity contribution is 5.63. The molecule has 0 saturated carbocycles. The minimum atomic E-state index is -0.671. The van der Waals surface area contributed by atoms with Crippen LogP contribution in [0.2, 0.25) is 0 Å². The van der Waals surface area contributed by atoms with Crippen molar-refractivity contribution >= 4 is 5.69 Å². The molecule has 2 N–H and O–H groups in total. The number of rotatable bonds is 2. The first kappa shape index (κ1) is 12.4. The molecule has 0 spiro atoms. The number of benzene rings is 2. The quantitative estimate of drug-likeness (QED) is 0.834. The molecule has 0 radical (unpaired) electrons. The van der Waals surface area contributed by atoms with Gasteiger partial charge in [-0.2, -0.15) is 10.5 Å². The van der Waals surface area contributed by atoms with Crippen LogP contribution in [0.1, 0.15) is 11.1 Å². The van der Waals surface area contributed by atoms with Crippen molar-refractivity contribution in [2.45, 2.75) is 0 Å². The summed E-state index contributed by atoms with van der Waals surface area (Å²) in [5, 5.41) is 17.5. The zero-order valence-electron chi connectivity index (χ0n) is 9.72. The molecule has 0 unspecified atom stereocenters. The third-order valence-electron chi connectivity index (χ3n) is 2.48. The van der Waals surface area contributed by atoms with Crippen LogP contribution in [0.4, 0.5) is 10.1 Å². The van der Waals surface area contributed by atoms with Gasteiger partial charge in [0.2, 0.25) is 0 Å². The Morgan fingerprint density at radius 2 is 1.79 bits per heavy atom. The maximum Gasteiger partial charge on any atom is 0.151 e. The lowest BCUT2D eigenvalue weighted by Crippen LogP contribution is -1.95. The Balaban J connectivity index is 2.35. The summed E-state index contributed by atoms with van der Waals surface area (Å²) >= 11 is 0. The molecule has 0 aromatic heterocycles. The predicted octanol–water partition coefficient (Wildman–Crippen LogP) is 2.94. The van der Waals surface area contributed by atoms with E-state index in [4.69, 9.17) is 21.0 Å². The number of nitrogens with zero attached hydrogens (tertiary/aromatic N) is 2. The Morgan fingerprint density at radius 1 is 1.05 bits per heavy atom. The monoisotopic (exact) mass is 253 g/mol. The van der Waals surface area contributed by atoms with Crippen LogP contribution in [0.15, 0.2) is 36.4 Å². The van der Waals surface area contributed by atoms with Crippen LogP contribution in [0.5, 0.6) is 11.5 Å². The van der Waals surface area contributed by atoms with E-state index < -0.39 is 5.82 Å². The van der Waals surface area contributed by atoms with E-state index in [1.54, 1.807) is 24.3 Å². The highest BCUT2D eigenvalue weighted by Crippen LogP contribution is 2.30. The molecule has 0 amide bonds. The predicted molar refractivity (Wildman–Crippen MR) is 66.8 cm³/mol. The SMILES string of the molecule is N#Cc1ccc(Oc2cccc(C#N)c2N)cc1F. The summed E-state index contributed by atoms with van der Waals surface area (Å²) in [6.07, 6.45) is 0. The summed E-state index contributed by atoms with van der Waals surface area (Å²) in [4.78, 5) is 0. The number of nitrogen functional groups attached to an aromatic ring is 1. The number of hydrogen-bond acceptors (Lipinski definition) is 4. The van der Waals surface area contributed by atoms with E-state index >= 15 is 0 Å². The molecule has 0 atom stereocenters. The molecule has 2 rings (SSSR count). The molecule has 0 aliphatic carbocycles. The zero-order valence-corrected chi connectivity index (χ0v) is 9.72. The summed E-state index contributed by atoms with van der Waals surface area (Å²) in [7, 11) is 0. The summed E-state index contributed by atoms with van der Waals surface area (Å²) < 4.78 is 18.8. The lowest BCUT2D eigenvalue weighted by molar-refractivity contribution is 0.478. The molecule has 0 aliphatic rings. The van der Waals surface area contributed by atoms with E-state index in [-0.39, 0.29) is 28.3 Å². The van der Waals surface area contributed by atoms with E-state index in [2.05, 4.69) is 0 Å². The number of anilines is 1. The van der Waals surface area contributed by atoms with Gasteiger partial charge in [0.1, 0.15) is 23.7 Å². The van der Waals surface area contributed by atoms with E-state index in [1.165, 1.54) is 12.1 Å². The topological polar surface area (TPSA) is 82.8 Å². The van der Waals surface area contributed by atoms with Gasteiger partial charge in [0, 0.05) is 6.07 Å². The van der Waals surface area contributed by atoms with Crippen molar-refractivity contribution in [2.24, 2.45) is 0 Å². The van der Waals surface area contributed by atoms with Crippen molar-refractivity contribution in [3.63, 3.8) is 0 Å². The first-order valence-corrected chi connectivity index (χ1v) is 5.32. The van der Waals surface area contributed by atoms with Gasteiger partial charge in [0.25, 0.3) is 0 Å². The Morgan fingerprint density at radius 3 is 2.42 bits per heavy atom. The van der Waals surface area contributed by atoms with Crippen LogP contribution in [-0.4, -0.2) is 0 Å². The number of ether oxygens (including phenoxy) is 1. The molecule has 5 heteroatoms. The molecule has 0 aliphatic heterocycles. The van der Waals surface area contributed by atoms with Crippen molar-refractivity contribution in [1.82, 2.24) is 0 Å². The number of nitriles is 2. The summed E-state index contributed by atoms with van der Waals surface area (Å²) in [6.45, 7) is 0. The maximum absolute atomic E-state index is 13.4. The standard InChI is InChI=1S/C14H8FN3O/c15-12-6-11(5-4-9(12)7-16)19-13-3-1-2-10(8-17)14(13)18/h1-6H,18H2. The van der Waals surface area contributed by atoms with Gasteiger partial charge in [-0.25, -0.2) is 4.39 Å². The fourth-order valence-corrected chi connectivity index (χ4v) is 1.51. The Kier molecular flexibility index (Phi) is 3.31. The van der Waals surface area contributed by atoms with Crippen LogP contribution in [-0.2, 0) is 0 Å². The number of halogens is 1. The highest BCUT2D eigenvalue weighted by Gasteiger charge is 2.08. The zero-order chi connectivity index (χ0) is 13.8. The minimum absolute atomic E-state index is 0.0638. The van der Waals surface area contributed by atoms with Gasteiger partial charge in [-0.15, -0.1) is 0 Å². The van der Waals surface area contributed by atoms with E-state index in [1.807, 2.05) is 6.07 Å². The fraction of sp³-hybridized carbons (Fsp3) is 0. The molecular formula is C14H8FN3O. The molecule has 92 valence electrons. The van der Waals surface area contributed by atoms with Crippen LogP contribution in [0.3, 0.4) is 0 Å². The van der Waals surface area contributed by atoms with E-state index in [9.17, 15) is 4.39 Å². The highest BCUT2D eigenvalue weighted by atomic mass is 19.1. The molecule has 0 heterocycles. The maximum atomic E-state index is 13.4. The molecule has 0 saturated heterocycles. The van der Waals surface area contributed by atoms with E-state index in [0.717, 1.165) is 6.07 Å². The molecule has 0 fully saturated rings. The van der Waals surface area contributed by atoms with Gasteiger partial charge >= 0.3 is 0 Å². The van der Waals surface area contributed by atoms with Crippen molar-refractivity contribution in [3.8, 4) is 23.6 Å². The van der Waals surface area contributed by atoms with Gasteiger partial charge in [-0.05, 0) is 24.3 Å². The average molecular weight is 253 g/mol. The van der Waals surface area contributed by atoms with Crippen LogP contribution in [0, 0.1) is 28.5 Å². The average Bonchev–Trinajstić information content (AvgIpc) is 2.41. The van der Waals surface area contributed by atoms with Crippen molar-refractivity contribution in [1.29, 1.82) is 10.5 Å². The third kappa shape index (κ3) is 2.46. The summed E-state index contributed by atoms with van der Waals surface area (Å²) in [5.74, 6) is -0.198. The number of hydrogen-bond donors (Lipinski definition) is 1. The van der Waals surface area contributed by atoms with Crippen LogP contribution in [0.25, 0.3) is 0 Å². The smallest absolute Gasteiger partial charge is 0.151 e. The van der Waals surface area contributed by atoms with Crippen LogP contribution >= 0.6 is 0 Å². The summed E-state index contributed by atoms with van der Waals surface area (Å²) in [6, 6.07) is 12.3. The Hall–Kier alpha value is -3.05. The second kappa shape index (κ2) is 5.07.